The van der Waals surface area contributed by atoms with E-state index < -0.39 is 5.60 Å². The Bertz CT molecular complexity index is 744. The van der Waals surface area contributed by atoms with E-state index in [0.29, 0.717) is 50.8 Å². The summed E-state index contributed by atoms with van der Waals surface area (Å²) in [5, 5.41) is 14.3. The molecule has 1 atom stereocenters. The Labute approximate surface area is 166 Å². The summed E-state index contributed by atoms with van der Waals surface area (Å²) in [6.07, 6.45) is 2.49. The lowest BCUT2D eigenvalue weighted by Crippen LogP contribution is -2.43. The van der Waals surface area contributed by atoms with Gasteiger partial charge in [0, 0.05) is 39.5 Å². The lowest BCUT2D eigenvalue weighted by Gasteiger charge is -2.24. The number of nitrogens with zero attached hydrogens (tertiary/aromatic N) is 2. The molecule has 0 amide bonds. The van der Waals surface area contributed by atoms with Crippen molar-refractivity contribution in [3.05, 3.63) is 48.2 Å². The molecule has 0 bridgehead atoms. The standard InChI is InChI=1S/C21H29N3O4/c1-26-11-12-28-19-13-17(6-7-18(19)27-2)14-22-15-21(25)8-10-24(16-21)20-5-3-4-9-23-20/h3-7,9,13,22,25H,8,10-12,14-16H2,1-2H3/t21-/m1/s1. The van der Waals surface area contributed by atoms with Gasteiger partial charge in [-0.2, -0.15) is 0 Å². The molecule has 1 aromatic carbocycles. The number of β-amino-alcohol motifs (C(OH)–C–C–N with tert-alkyl or cyclic N) is 1. The number of anilines is 1. The van der Waals surface area contributed by atoms with Crippen LogP contribution in [0.15, 0.2) is 42.6 Å². The van der Waals surface area contributed by atoms with Crippen LogP contribution >= 0.6 is 0 Å². The van der Waals surface area contributed by atoms with Crippen molar-refractivity contribution >= 4 is 5.82 Å². The Morgan fingerprint density at radius 2 is 2.07 bits per heavy atom. The number of rotatable bonds is 10. The Balaban J connectivity index is 1.52. The fourth-order valence-electron chi connectivity index (χ4n) is 3.36. The van der Waals surface area contributed by atoms with Gasteiger partial charge in [-0.3, -0.25) is 0 Å². The maximum absolute atomic E-state index is 10.9. The van der Waals surface area contributed by atoms with Crippen LogP contribution in [0.25, 0.3) is 0 Å². The number of aromatic nitrogens is 1. The molecular weight excluding hydrogens is 358 g/mol. The van der Waals surface area contributed by atoms with Crippen LogP contribution in [0.2, 0.25) is 0 Å². The molecule has 1 aliphatic heterocycles. The Kier molecular flexibility index (Phi) is 7.08. The van der Waals surface area contributed by atoms with E-state index in [-0.39, 0.29) is 0 Å². The second-order valence-corrected chi connectivity index (χ2v) is 7.01. The van der Waals surface area contributed by atoms with Gasteiger partial charge in [0.15, 0.2) is 11.5 Å². The molecule has 1 saturated heterocycles. The predicted molar refractivity (Wildman–Crippen MR) is 108 cm³/mol. The van der Waals surface area contributed by atoms with Crippen LogP contribution in [0, 0.1) is 0 Å². The topological polar surface area (TPSA) is 76.1 Å². The summed E-state index contributed by atoms with van der Waals surface area (Å²) >= 11 is 0. The van der Waals surface area contributed by atoms with Gasteiger partial charge in [0.2, 0.25) is 0 Å². The Morgan fingerprint density at radius 1 is 1.18 bits per heavy atom. The highest BCUT2D eigenvalue weighted by Gasteiger charge is 2.36. The van der Waals surface area contributed by atoms with E-state index in [0.717, 1.165) is 17.9 Å². The SMILES string of the molecule is COCCOc1cc(CNC[C@]2(O)CCN(c3ccccn3)C2)ccc1OC. The van der Waals surface area contributed by atoms with Crippen LogP contribution in [0.4, 0.5) is 5.82 Å². The lowest BCUT2D eigenvalue weighted by molar-refractivity contribution is 0.0626. The number of hydrogen-bond acceptors (Lipinski definition) is 7. The molecule has 1 aromatic heterocycles. The number of nitrogens with one attached hydrogen (secondary N) is 1. The third-order valence-electron chi connectivity index (χ3n) is 4.86. The molecule has 152 valence electrons. The van der Waals surface area contributed by atoms with Crippen molar-refractivity contribution in [1.82, 2.24) is 10.3 Å². The van der Waals surface area contributed by atoms with E-state index in [2.05, 4.69) is 15.2 Å². The average Bonchev–Trinajstić information content (AvgIpc) is 3.11. The minimum atomic E-state index is -0.762. The first kappa shape index (κ1) is 20.4. The number of benzene rings is 1. The number of pyridine rings is 1. The third-order valence-corrected chi connectivity index (χ3v) is 4.86. The number of hydrogen-bond donors (Lipinski definition) is 2. The first-order valence-corrected chi connectivity index (χ1v) is 9.51. The summed E-state index contributed by atoms with van der Waals surface area (Å²) in [6, 6.07) is 11.7. The van der Waals surface area contributed by atoms with Crippen molar-refractivity contribution in [2.24, 2.45) is 0 Å². The van der Waals surface area contributed by atoms with E-state index >= 15 is 0 Å². The van der Waals surface area contributed by atoms with Gasteiger partial charge in [-0.05, 0) is 36.2 Å². The van der Waals surface area contributed by atoms with Crippen LogP contribution in [0.5, 0.6) is 11.5 Å². The van der Waals surface area contributed by atoms with Gasteiger partial charge in [-0.1, -0.05) is 12.1 Å². The average molecular weight is 387 g/mol. The van der Waals surface area contributed by atoms with Crippen LogP contribution < -0.4 is 19.7 Å². The molecule has 2 heterocycles. The van der Waals surface area contributed by atoms with Crippen molar-refractivity contribution in [1.29, 1.82) is 0 Å². The smallest absolute Gasteiger partial charge is 0.161 e. The zero-order chi connectivity index (χ0) is 19.8. The molecule has 7 nitrogen and oxygen atoms in total. The summed E-state index contributed by atoms with van der Waals surface area (Å²) in [5.74, 6) is 2.30. The molecular formula is C21H29N3O4. The van der Waals surface area contributed by atoms with Crippen molar-refractivity contribution in [2.45, 2.75) is 18.6 Å². The van der Waals surface area contributed by atoms with E-state index in [4.69, 9.17) is 14.2 Å². The Morgan fingerprint density at radius 3 is 2.82 bits per heavy atom. The molecule has 0 aliphatic carbocycles. The minimum Gasteiger partial charge on any atom is -0.493 e. The highest BCUT2D eigenvalue weighted by Crippen LogP contribution is 2.28. The van der Waals surface area contributed by atoms with Crippen LogP contribution in [-0.4, -0.2) is 62.8 Å². The molecule has 0 unspecified atom stereocenters. The molecule has 0 spiro atoms. The predicted octanol–water partition coefficient (Wildman–Crippen LogP) is 1.85. The first-order chi connectivity index (χ1) is 13.6. The van der Waals surface area contributed by atoms with E-state index in [1.165, 1.54) is 0 Å². The molecule has 0 saturated carbocycles. The summed E-state index contributed by atoms with van der Waals surface area (Å²) in [6.45, 7) is 3.51. The summed E-state index contributed by atoms with van der Waals surface area (Å²) < 4.78 is 16.1. The molecule has 2 aromatic rings. The fourth-order valence-corrected chi connectivity index (χ4v) is 3.36. The number of ether oxygens (including phenoxy) is 3. The lowest BCUT2D eigenvalue weighted by atomic mass is 10.0. The van der Waals surface area contributed by atoms with E-state index in [9.17, 15) is 5.11 Å². The van der Waals surface area contributed by atoms with Crippen molar-refractivity contribution in [3.63, 3.8) is 0 Å². The normalized spacial score (nSPS) is 19.0. The van der Waals surface area contributed by atoms with Gasteiger partial charge < -0.3 is 29.5 Å². The van der Waals surface area contributed by atoms with Gasteiger partial charge in [0.05, 0.1) is 19.3 Å². The Hall–Kier alpha value is -2.35. The van der Waals surface area contributed by atoms with Gasteiger partial charge in [0.25, 0.3) is 0 Å². The van der Waals surface area contributed by atoms with Crippen molar-refractivity contribution < 1.29 is 19.3 Å². The van der Waals surface area contributed by atoms with Gasteiger partial charge >= 0.3 is 0 Å². The summed E-state index contributed by atoms with van der Waals surface area (Å²) in [7, 11) is 3.27. The quantitative estimate of drug-likeness (QED) is 0.603. The van der Waals surface area contributed by atoms with Gasteiger partial charge in [-0.25, -0.2) is 4.98 Å². The maximum atomic E-state index is 10.9. The summed E-state index contributed by atoms with van der Waals surface area (Å²) in [4.78, 5) is 6.49. The van der Waals surface area contributed by atoms with E-state index in [1.54, 1.807) is 20.4 Å². The first-order valence-electron chi connectivity index (χ1n) is 9.51. The zero-order valence-electron chi connectivity index (χ0n) is 16.6. The summed E-state index contributed by atoms with van der Waals surface area (Å²) in [5.41, 5.74) is 0.304. The third kappa shape index (κ3) is 5.34. The minimum absolute atomic E-state index is 0.465. The highest BCUT2D eigenvalue weighted by atomic mass is 16.5. The second kappa shape index (κ2) is 9.73. The van der Waals surface area contributed by atoms with Gasteiger partial charge in [0.1, 0.15) is 12.4 Å². The molecule has 0 radical (unpaired) electrons. The molecule has 7 heteroatoms. The number of aliphatic hydroxyl groups is 1. The zero-order valence-corrected chi connectivity index (χ0v) is 16.6. The van der Waals surface area contributed by atoms with Crippen LogP contribution in [0.3, 0.4) is 0 Å². The molecule has 3 rings (SSSR count). The maximum Gasteiger partial charge on any atom is 0.161 e. The molecule has 2 N–H and O–H groups in total. The largest absolute Gasteiger partial charge is 0.493 e. The van der Waals surface area contributed by atoms with Crippen molar-refractivity contribution in [2.75, 3.05) is 52.0 Å². The van der Waals surface area contributed by atoms with Gasteiger partial charge in [-0.15, -0.1) is 0 Å². The molecule has 1 fully saturated rings. The molecule has 28 heavy (non-hydrogen) atoms. The highest BCUT2D eigenvalue weighted by molar-refractivity contribution is 5.43. The van der Waals surface area contributed by atoms with Crippen molar-refractivity contribution in [3.8, 4) is 11.5 Å². The fraction of sp³-hybridized carbons (Fsp3) is 0.476. The molecule has 1 aliphatic rings. The van der Waals surface area contributed by atoms with E-state index in [1.807, 2.05) is 36.4 Å². The second-order valence-electron chi connectivity index (χ2n) is 7.01. The monoisotopic (exact) mass is 387 g/mol. The van der Waals surface area contributed by atoms with Crippen LogP contribution in [-0.2, 0) is 11.3 Å². The van der Waals surface area contributed by atoms with Crippen LogP contribution in [0.1, 0.15) is 12.0 Å². The number of methoxy groups -OCH3 is 2.